The van der Waals surface area contributed by atoms with Crippen LogP contribution in [0.3, 0.4) is 0 Å². The zero-order chi connectivity index (χ0) is 17.7. The van der Waals surface area contributed by atoms with Gasteiger partial charge in [0.05, 0.1) is 18.4 Å². The van der Waals surface area contributed by atoms with Crippen LogP contribution in [0.25, 0.3) is 0 Å². The van der Waals surface area contributed by atoms with Crippen LogP contribution in [0.4, 0.5) is 19.3 Å². The summed E-state index contributed by atoms with van der Waals surface area (Å²) in [4.78, 5) is 23.3. The van der Waals surface area contributed by atoms with E-state index in [-0.39, 0.29) is 12.2 Å². The van der Waals surface area contributed by atoms with Crippen molar-refractivity contribution in [2.45, 2.75) is 13.5 Å². The lowest BCUT2D eigenvalue weighted by Gasteiger charge is -2.10. The first kappa shape index (κ1) is 17.4. The van der Waals surface area contributed by atoms with Gasteiger partial charge in [0.2, 0.25) is 0 Å². The van der Waals surface area contributed by atoms with E-state index in [9.17, 15) is 18.4 Å². The van der Waals surface area contributed by atoms with Gasteiger partial charge < -0.3 is 15.4 Å². The van der Waals surface area contributed by atoms with Gasteiger partial charge in [0.1, 0.15) is 11.6 Å². The number of ether oxygens (including phenoxy) is 1. The van der Waals surface area contributed by atoms with Gasteiger partial charge in [-0.05, 0) is 18.6 Å². The highest BCUT2D eigenvalue weighted by atomic mass is 19.1. The number of halogens is 2. The lowest BCUT2D eigenvalue weighted by molar-refractivity contribution is 0.0595. The van der Waals surface area contributed by atoms with Gasteiger partial charge in [-0.1, -0.05) is 29.8 Å². The maximum Gasteiger partial charge on any atom is 0.340 e. The molecule has 2 N–H and O–H groups in total. The molecule has 2 aromatic carbocycles. The van der Waals surface area contributed by atoms with Crippen LogP contribution in [0.2, 0.25) is 0 Å². The lowest BCUT2D eigenvalue weighted by atomic mass is 10.1. The molecular formula is C17H16F2N2O3. The third kappa shape index (κ3) is 4.28. The Kier molecular flexibility index (Phi) is 5.47. The van der Waals surface area contributed by atoms with Gasteiger partial charge in [-0.3, -0.25) is 0 Å². The standard InChI is InChI=1S/C17H16F2N2O3/c1-10-3-5-11(6-4-10)9-20-17(23)21-15-7-12(16(22)24-2)13(18)8-14(15)19/h3-8H,9H2,1-2H3,(H2,20,21,23). The minimum atomic E-state index is -1.06. The van der Waals surface area contributed by atoms with E-state index in [4.69, 9.17) is 0 Å². The molecule has 5 nitrogen and oxygen atoms in total. The molecule has 0 unspecified atom stereocenters. The van der Waals surface area contributed by atoms with Crippen molar-refractivity contribution in [3.63, 3.8) is 0 Å². The summed E-state index contributed by atoms with van der Waals surface area (Å²) in [5.41, 5.74) is 1.17. The first-order valence-electron chi connectivity index (χ1n) is 7.08. The number of benzene rings is 2. The van der Waals surface area contributed by atoms with Crippen molar-refractivity contribution in [2.75, 3.05) is 12.4 Å². The molecule has 0 saturated heterocycles. The fourth-order valence-corrected chi connectivity index (χ4v) is 1.97. The van der Waals surface area contributed by atoms with Crippen molar-refractivity contribution in [3.05, 3.63) is 64.7 Å². The maximum atomic E-state index is 13.7. The monoisotopic (exact) mass is 334 g/mol. The number of anilines is 1. The van der Waals surface area contributed by atoms with Crippen molar-refractivity contribution < 1.29 is 23.1 Å². The van der Waals surface area contributed by atoms with Crippen LogP contribution in [0.5, 0.6) is 0 Å². The Labute approximate surface area is 137 Å². The highest BCUT2D eigenvalue weighted by Gasteiger charge is 2.17. The average molecular weight is 334 g/mol. The summed E-state index contributed by atoms with van der Waals surface area (Å²) in [5, 5.41) is 4.78. The molecule has 0 aliphatic carbocycles. The summed E-state index contributed by atoms with van der Waals surface area (Å²) in [7, 11) is 1.08. The Morgan fingerprint density at radius 3 is 2.38 bits per heavy atom. The van der Waals surface area contributed by atoms with Crippen LogP contribution < -0.4 is 10.6 Å². The predicted octanol–water partition coefficient (Wildman–Crippen LogP) is 3.38. The molecule has 24 heavy (non-hydrogen) atoms. The normalized spacial score (nSPS) is 10.2. The number of hydrogen-bond acceptors (Lipinski definition) is 3. The molecule has 0 atom stereocenters. The molecule has 7 heteroatoms. The van der Waals surface area contributed by atoms with Gasteiger partial charge in [-0.25, -0.2) is 18.4 Å². The molecule has 0 fully saturated rings. The number of carbonyl (C=O) groups is 2. The average Bonchev–Trinajstić information content (AvgIpc) is 2.56. The van der Waals surface area contributed by atoms with E-state index in [0.29, 0.717) is 6.07 Å². The summed E-state index contributed by atoms with van der Waals surface area (Å²) in [6.07, 6.45) is 0. The van der Waals surface area contributed by atoms with Crippen molar-refractivity contribution >= 4 is 17.7 Å². The highest BCUT2D eigenvalue weighted by Crippen LogP contribution is 2.20. The minimum absolute atomic E-state index is 0.235. The molecule has 2 amide bonds. The molecule has 2 rings (SSSR count). The molecule has 0 spiro atoms. The van der Waals surface area contributed by atoms with Crippen LogP contribution in [0.15, 0.2) is 36.4 Å². The summed E-state index contributed by atoms with van der Waals surface area (Å²) >= 11 is 0. The minimum Gasteiger partial charge on any atom is -0.465 e. The number of carbonyl (C=O) groups excluding carboxylic acids is 2. The van der Waals surface area contributed by atoms with Gasteiger partial charge in [-0.15, -0.1) is 0 Å². The molecular weight excluding hydrogens is 318 g/mol. The quantitative estimate of drug-likeness (QED) is 0.842. The molecule has 0 saturated carbocycles. The number of rotatable bonds is 4. The van der Waals surface area contributed by atoms with Gasteiger partial charge in [0, 0.05) is 12.6 Å². The zero-order valence-electron chi connectivity index (χ0n) is 13.2. The van der Waals surface area contributed by atoms with Crippen molar-refractivity contribution in [3.8, 4) is 0 Å². The fourth-order valence-electron chi connectivity index (χ4n) is 1.97. The smallest absolute Gasteiger partial charge is 0.340 e. The first-order valence-corrected chi connectivity index (χ1v) is 7.08. The van der Waals surface area contributed by atoms with Gasteiger partial charge >= 0.3 is 12.0 Å². The van der Waals surface area contributed by atoms with E-state index in [0.717, 1.165) is 24.3 Å². The number of urea groups is 1. The lowest BCUT2D eigenvalue weighted by Crippen LogP contribution is -2.28. The SMILES string of the molecule is COC(=O)c1cc(NC(=O)NCc2ccc(C)cc2)c(F)cc1F. The predicted molar refractivity (Wildman–Crippen MR) is 84.7 cm³/mol. The summed E-state index contributed by atoms with van der Waals surface area (Å²) in [6.45, 7) is 2.18. The van der Waals surface area contributed by atoms with Crippen LogP contribution >= 0.6 is 0 Å². The Balaban J connectivity index is 2.05. The van der Waals surface area contributed by atoms with Gasteiger partial charge in [0.15, 0.2) is 0 Å². The van der Waals surface area contributed by atoms with Crippen molar-refractivity contribution in [2.24, 2.45) is 0 Å². The number of methoxy groups -OCH3 is 1. The highest BCUT2D eigenvalue weighted by molar-refractivity contribution is 5.94. The van der Waals surface area contributed by atoms with Crippen LogP contribution in [-0.4, -0.2) is 19.1 Å². The largest absolute Gasteiger partial charge is 0.465 e. The molecule has 0 aliphatic rings. The van der Waals surface area contributed by atoms with Crippen molar-refractivity contribution in [1.82, 2.24) is 5.32 Å². The molecule has 0 radical (unpaired) electrons. The Morgan fingerprint density at radius 1 is 1.08 bits per heavy atom. The van der Waals surface area contributed by atoms with E-state index in [1.807, 2.05) is 31.2 Å². The Morgan fingerprint density at radius 2 is 1.75 bits per heavy atom. The van der Waals surface area contributed by atoms with Crippen LogP contribution in [0.1, 0.15) is 21.5 Å². The third-order valence-corrected chi connectivity index (χ3v) is 3.28. The van der Waals surface area contributed by atoms with Gasteiger partial charge in [-0.2, -0.15) is 0 Å². The van der Waals surface area contributed by atoms with E-state index >= 15 is 0 Å². The van der Waals surface area contributed by atoms with E-state index in [1.54, 1.807) is 0 Å². The van der Waals surface area contributed by atoms with E-state index in [2.05, 4.69) is 15.4 Å². The fraction of sp³-hybridized carbons (Fsp3) is 0.176. The second-order valence-electron chi connectivity index (χ2n) is 5.10. The summed E-state index contributed by atoms with van der Waals surface area (Å²) in [5.74, 6) is -3.02. The van der Waals surface area contributed by atoms with E-state index in [1.165, 1.54) is 0 Å². The molecule has 0 aliphatic heterocycles. The molecule has 0 bridgehead atoms. The van der Waals surface area contributed by atoms with Crippen LogP contribution in [0, 0.1) is 18.6 Å². The Bertz CT molecular complexity index is 761. The zero-order valence-corrected chi connectivity index (χ0v) is 13.2. The molecule has 2 aromatic rings. The second kappa shape index (κ2) is 7.54. The van der Waals surface area contributed by atoms with Gasteiger partial charge in [0.25, 0.3) is 0 Å². The van der Waals surface area contributed by atoms with Crippen molar-refractivity contribution in [1.29, 1.82) is 0 Å². The van der Waals surface area contributed by atoms with E-state index < -0.39 is 29.2 Å². The second-order valence-corrected chi connectivity index (χ2v) is 5.10. The molecule has 126 valence electrons. The third-order valence-electron chi connectivity index (χ3n) is 3.28. The Hall–Kier alpha value is -2.96. The summed E-state index contributed by atoms with van der Waals surface area (Å²) in [6, 6.07) is 8.22. The topological polar surface area (TPSA) is 67.4 Å². The molecule has 0 heterocycles. The first-order chi connectivity index (χ1) is 11.4. The number of hydrogen-bond donors (Lipinski definition) is 2. The number of nitrogens with one attached hydrogen (secondary N) is 2. The number of aryl methyl sites for hydroxylation is 1. The van der Waals surface area contributed by atoms with Crippen LogP contribution in [-0.2, 0) is 11.3 Å². The maximum absolute atomic E-state index is 13.7. The summed E-state index contributed by atoms with van der Waals surface area (Å²) < 4.78 is 31.7. The number of esters is 1. The number of amides is 2. The molecule has 0 aromatic heterocycles.